The first-order valence-corrected chi connectivity index (χ1v) is 5.18. The highest BCUT2D eigenvalue weighted by atomic mass is 19.4. The Morgan fingerprint density at radius 2 is 2.00 bits per heavy atom. The maximum atomic E-state index is 12.4. The molecule has 1 aliphatic heterocycles. The minimum Gasteiger partial charge on any atom is -0.342 e. The van der Waals surface area contributed by atoms with Gasteiger partial charge in [0.2, 0.25) is 5.91 Å². The Labute approximate surface area is 87.4 Å². The van der Waals surface area contributed by atoms with Crippen LogP contribution in [0, 0.1) is 11.8 Å². The van der Waals surface area contributed by atoms with E-state index in [-0.39, 0.29) is 24.8 Å². The van der Waals surface area contributed by atoms with Crippen molar-refractivity contribution in [3.63, 3.8) is 0 Å². The van der Waals surface area contributed by atoms with Gasteiger partial charge in [-0.15, -0.1) is 0 Å². The van der Waals surface area contributed by atoms with Gasteiger partial charge in [-0.25, -0.2) is 0 Å². The van der Waals surface area contributed by atoms with Crippen LogP contribution in [0.1, 0.15) is 26.7 Å². The number of rotatable bonds is 1. The number of carbonyl (C=O) groups excluding carboxylic acids is 1. The minimum absolute atomic E-state index is 0.144. The summed E-state index contributed by atoms with van der Waals surface area (Å²) in [4.78, 5) is 12.9. The molecule has 15 heavy (non-hydrogen) atoms. The third-order valence-corrected chi connectivity index (χ3v) is 2.69. The molecule has 0 N–H and O–H groups in total. The first-order chi connectivity index (χ1) is 6.82. The average molecular weight is 223 g/mol. The summed E-state index contributed by atoms with van der Waals surface area (Å²) in [5.41, 5.74) is 0. The van der Waals surface area contributed by atoms with E-state index in [0.29, 0.717) is 13.0 Å². The van der Waals surface area contributed by atoms with E-state index >= 15 is 0 Å². The molecule has 1 amide bonds. The van der Waals surface area contributed by atoms with Gasteiger partial charge in [-0.3, -0.25) is 4.79 Å². The molecular weight excluding hydrogens is 207 g/mol. The molecule has 0 radical (unpaired) electrons. The van der Waals surface area contributed by atoms with Gasteiger partial charge in [-0.05, 0) is 12.8 Å². The molecule has 0 aliphatic carbocycles. The zero-order chi connectivity index (χ0) is 11.6. The van der Waals surface area contributed by atoms with Gasteiger partial charge in [0.25, 0.3) is 0 Å². The second-order valence-corrected chi connectivity index (χ2v) is 4.32. The minimum atomic E-state index is -4.17. The Balaban J connectivity index is 2.60. The van der Waals surface area contributed by atoms with Gasteiger partial charge in [0.05, 0.1) is 5.92 Å². The number of hydrogen-bond acceptors (Lipinski definition) is 1. The first-order valence-electron chi connectivity index (χ1n) is 5.18. The molecule has 5 heteroatoms. The molecule has 1 rings (SSSR count). The summed E-state index contributed by atoms with van der Waals surface area (Å²) in [6.07, 6.45) is -3.58. The largest absolute Gasteiger partial charge is 0.393 e. The SMILES string of the molecule is CC(C)C(=O)N1CCCC(C(F)(F)F)C1. The van der Waals surface area contributed by atoms with Crippen molar-refractivity contribution in [2.75, 3.05) is 13.1 Å². The predicted molar refractivity (Wildman–Crippen MR) is 50.2 cm³/mol. The molecule has 0 spiro atoms. The van der Waals surface area contributed by atoms with Crippen molar-refractivity contribution in [2.45, 2.75) is 32.9 Å². The summed E-state index contributed by atoms with van der Waals surface area (Å²) >= 11 is 0. The summed E-state index contributed by atoms with van der Waals surface area (Å²) in [7, 11) is 0. The van der Waals surface area contributed by atoms with Crippen LogP contribution in [-0.4, -0.2) is 30.1 Å². The second-order valence-electron chi connectivity index (χ2n) is 4.32. The normalized spacial score (nSPS) is 23.3. The van der Waals surface area contributed by atoms with Crippen molar-refractivity contribution in [3.05, 3.63) is 0 Å². The number of alkyl halides is 3. The molecule has 1 unspecified atom stereocenters. The van der Waals surface area contributed by atoms with Crippen molar-refractivity contribution in [3.8, 4) is 0 Å². The van der Waals surface area contributed by atoms with Gasteiger partial charge < -0.3 is 4.90 Å². The molecule has 0 aromatic heterocycles. The van der Waals surface area contributed by atoms with Gasteiger partial charge in [0, 0.05) is 19.0 Å². The van der Waals surface area contributed by atoms with E-state index in [1.807, 2.05) is 0 Å². The molecule has 0 aromatic carbocycles. The summed E-state index contributed by atoms with van der Waals surface area (Å²) in [5, 5.41) is 0. The molecule has 1 atom stereocenters. The monoisotopic (exact) mass is 223 g/mol. The number of hydrogen-bond donors (Lipinski definition) is 0. The fourth-order valence-corrected chi connectivity index (χ4v) is 1.81. The summed E-state index contributed by atoms with van der Waals surface area (Å²) in [6.45, 7) is 3.71. The molecular formula is C10H16F3NO. The predicted octanol–water partition coefficient (Wildman–Crippen LogP) is 2.44. The van der Waals surface area contributed by atoms with E-state index in [1.165, 1.54) is 4.90 Å². The Kier molecular flexibility index (Phi) is 3.62. The average Bonchev–Trinajstić information content (AvgIpc) is 2.15. The van der Waals surface area contributed by atoms with Crippen LogP contribution in [0.5, 0.6) is 0 Å². The van der Waals surface area contributed by atoms with Crippen LogP contribution in [0.2, 0.25) is 0 Å². The van der Waals surface area contributed by atoms with E-state index < -0.39 is 12.1 Å². The third-order valence-electron chi connectivity index (χ3n) is 2.69. The van der Waals surface area contributed by atoms with Crippen LogP contribution in [0.25, 0.3) is 0 Å². The Morgan fingerprint density at radius 1 is 1.40 bits per heavy atom. The van der Waals surface area contributed by atoms with Crippen molar-refractivity contribution in [1.29, 1.82) is 0 Å². The quantitative estimate of drug-likeness (QED) is 0.668. The van der Waals surface area contributed by atoms with Crippen LogP contribution in [0.4, 0.5) is 13.2 Å². The molecule has 0 aromatic rings. The molecule has 0 saturated carbocycles. The maximum absolute atomic E-state index is 12.4. The fraction of sp³-hybridized carbons (Fsp3) is 0.900. The lowest BCUT2D eigenvalue weighted by Crippen LogP contribution is -2.45. The Bertz CT molecular complexity index is 237. The molecule has 1 heterocycles. The zero-order valence-corrected chi connectivity index (χ0v) is 8.97. The van der Waals surface area contributed by atoms with E-state index in [4.69, 9.17) is 0 Å². The lowest BCUT2D eigenvalue weighted by atomic mass is 9.96. The third kappa shape index (κ3) is 3.11. The summed E-state index contributed by atoms with van der Waals surface area (Å²) in [6, 6.07) is 0. The number of carbonyl (C=O) groups is 1. The Morgan fingerprint density at radius 3 is 2.47 bits per heavy atom. The van der Waals surface area contributed by atoms with E-state index in [1.54, 1.807) is 13.8 Å². The first kappa shape index (κ1) is 12.3. The van der Waals surface area contributed by atoms with Gasteiger partial charge in [-0.2, -0.15) is 13.2 Å². The lowest BCUT2D eigenvalue weighted by Gasteiger charge is -2.34. The topological polar surface area (TPSA) is 20.3 Å². The van der Waals surface area contributed by atoms with Crippen molar-refractivity contribution in [1.82, 2.24) is 4.90 Å². The smallest absolute Gasteiger partial charge is 0.342 e. The number of halogens is 3. The van der Waals surface area contributed by atoms with Crippen LogP contribution >= 0.6 is 0 Å². The van der Waals surface area contributed by atoms with Crippen LogP contribution in [-0.2, 0) is 4.79 Å². The highest BCUT2D eigenvalue weighted by Crippen LogP contribution is 2.33. The van der Waals surface area contributed by atoms with Gasteiger partial charge in [0.1, 0.15) is 0 Å². The van der Waals surface area contributed by atoms with Crippen LogP contribution < -0.4 is 0 Å². The number of likely N-dealkylation sites (tertiary alicyclic amines) is 1. The molecule has 1 aliphatic rings. The maximum Gasteiger partial charge on any atom is 0.393 e. The van der Waals surface area contributed by atoms with Crippen LogP contribution in [0.15, 0.2) is 0 Å². The van der Waals surface area contributed by atoms with E-state index in [0.717, 1.165) is 0 Å². The molecule has 1 fully saturated rings. The number of piperidine rings is 1. The standard InChI is InChI=1S/C10H16F3NO/c1-7(2)9(15)14-5-3-4-8(6-14)10(11,12)13/h7-8H,3-6H2,1-2H3. The van der Waals surface area contributed by atoms with Crippen molar-refractivity contribution in [2.24, 2.45) is 11.8 Å². The van der Waals surface area contributed by atoms with E-state index in [9.17, 15) is 18.0 Å². The summed E-state index contributed by atoms with van der Waals surface area (Å²) < 4.78 is 37.3. The Hall–Kier alpha value is -0.740. The fourth-order valence-electron chi connectivity index (χ4n) is 1.81. The van der Waals surface area contributed by atoms with Crippen LogP contribution in [0.3, 0.4) is 0 Å². The summed E-state index contributed by atoms with van der Waals surface area (Å²) in [5.74, 6) is -1.74. The molecule has 2 nitrogen and oxygen atoms in total. The number of amides is 1. The number of nitrogens with zero attached hydrogens (tertiary/aromatic N) is 1. The highest BCUT2D eigenvalue weighted by molar-refractivity contribution is 5.78. The van der Waals surface area contributed by atoms with Gasteiger partial charge in [0.15, 0.2) is 0 Å². The molecule has 0 bridgehead atoms. The van der Waals surface area contributed by atoms with Crippen molar-refractivity contribution >= 4 is 5.91 Å². The lowest BCUT2D eigenvalue weighted by molar-refractivity contribution is -0.188. The van der Waals surface area contributed by atoms with E-state index in [2.05, 4.69) is 0 Å². The highest BCUT2D eigenvalue weighted by Gasteiger charge is 2.42. The molecule has 1 saturated heterocycles. The van der Waals surface area contributed by atoms with Gasteiger partial charge >= 0.3 is 6.18 Å². The van der Waals surface area contributed by atoms with Gasteiger partial charge in [-0.1, -0.05) is 13.8 Å². The van der Waals surface area contributed by atoms with Crippen molar-refractivity contribution < 1.29 is 18.0 Å². The second kappa shape index (κ2) is 4.41. The molecule has 88 valence electrons. The zero-order valence-electron chi connectivity index (χ0n) is 8.97.